The van der Waals surface area contributed by atoms with E-state index in [0.717, 1.165) is 17.5 Å². The zero-order chi connectivity index (χ0) is 15.2. The Balaban J connectivity index is 2.07. The van der Waals surface area contributed by atoms with Crippen LogP contribution in [0, 0.1) is 0 Å². The molecule has 2 N–H and O–H groups in total. The third kappa shape index (κ3) is 4.03. The average Bonchev–Trinajstić information content (AvgIpc) is 2.46. The Hall–Kier alpha value is -2.40. The molecule has 5 heteroatoms. The van der Waals surface area contributed by atoms with Gasteiger partial charge in [0.05, 0.1) is 0 Å². The zero-order valence-corrected chi connectivity index (χ0v) is 12.2. The molecule has 0 aliphatic carbocycles. The van der Waals surface area contributed by atoms with E-state index in [0.29, 0.717) is 11.9 Å². The molecule has 0 saturated carbocycles. The highest BCUT2D eigenvalue weighted by molar-refractivity contribution is 5.88. The highest BCUT2D eigenvalue weighted by Crippen LogP contribution is 2.13. The minimum atomic E-state index is -0.146. The number of fused-ring (bicyclic) bond motifs is 1. The molecule has 0 aliphatic rings. The Labute approximate surface area is 123 Å². The van der Waals surface area contributed by atoms with E-state index in [2.05, 4.69) is 10.3 Å². The number of rotatable bonds is 5. The van der Waals surface area contributed by atoms with Crippen LogP contribution in [0.25, 0.3) is 10.8 Å². The standard InChI is InChI=1S/C16H19N3O2/c1-19(2)9-5-8-15(20)17-10-12-11-18-16(21)14-7-4-3-6-13(12)14/h3-8,11H,9-10H2,1-2H3,(H,17,20)(H,18,21)/b8-5+. The minimum absolute atomic E-state index is 0.119. The van der Waals surface area contributed by atoms with E-state index in [1.807, 2.05) is 37.2 Å². The fourth-order valence-electron chi connectivity index (χ4n) is 2.03. The summed E-state index contributed by atoms with van der Waals surface area (Å²) in [5.41, 5.74) is 0.770. The van der Waals surface area contributed by atoms with Crippen LogP contribution in [0.4, 0.5) is 0 Å². The van der Waals surface area contributed by atoms with Gasteiger partial charge in [-0.2, -0.15) is 0 Å². The minimum Gasteiger partial charge on any atom is -0.348 e. The van der Waals surface area contributed by atoms with E-state index in [4.69, 9.17) is 0 Å². The number of amides is 1. The molecule has 1 heterocycles. The Morgan fingerprint density at radius 2 is 2.00 bits per heavy atom. The van der Waals surface area contributed by atoms with Gasteiger partial charge in [-0.1, -0.05) is 24.3 Å². The first-order chi connectivity index (χ1) is 10.1. The van der Waals surface area contributed by atoms with Gasteiger partial charge in [0, 0.05) is 30.7 Å². The molecular weight excluding hydrogens is 266 g/mol. The van der Waals surface area contributed by atoms with E-state index in [1.165, 1.54) is 6.08 Å². The van der Waals surface area contributed by atoms with Gasteiger partial charge in [0.15, 0.2) is 0 Å². The number of carbonyl (C=O) groups is 1. The van der Waals surface area contributed by atoms with Gasteiger partial charge >= 0.3 is 0 Å². The molecule has 0 fully saturated rings. The van der Waals surface area contributed by atoms with Crippen LogP contribution in [0.2, 0.25) is 0 Å². The van der Waals surface area contributed by atoms with Crippen molar-refractivity contribution in [2.24, 2.45) is 0 Å². The van der Waals surface area contributed by atoms with Gasteiger partial charge in [-0.3, -0.25) is 9.59 Å². The van der Waals surface area contributed by atoms with Crippen LogP contribution in [-0.2, 0) is 11.3 Å². The molecule has 0 atom stereocenters. The van der Waals surface area contributed by atoms with Crippen molar-refractivity contribution in [1.82, 2.24) is 15.2 Å². The summed E-state index contributed by atoms with van der Waals surface area (Å²) in [6.45, 7) is 1.09. The van der Waals surface area contributed by atoms with Crippen LogP contribution in [-0.4, -0.2) is 36.4 Å². The van der Waals surface area contributed by atoms with Crippen LogP contribution < -0.4 is 10.9 Å². The third-order valence-corrected chi connectivity index (χ3v) is 3.09. The molecule has 1 aromatic carbocycles. The number of benzene rings is 1. The number of nitrogens with one attached hydrogen (secondary N) is 2. The number of likely N-dealkylation sites (N-methyl/N-ethyl adjacent to an activating group) is 1. The molecule has 2 rings (SSSR count). The number of hydrogen-bond acceptors (Lipinski definition) is 3. The topological polar surface area (TPSA) is 65.2 Å². The van der Waals surface area contributed by atoms with Crippen molar-refractivity contribution in [2.45, 2.75) is 6.54 Å². The summed E-state index contributed by atoms with van der Waals surface area (Å²) in [6, 6.07) is 7.36. The zero-order valence-electron chi connectivity index (χ0n) is 12.2. The second-order valence-corrected chi connectivity index (χ2v) is 5.07. The lowest BCUT2D eigenvalue weighted by molar-refractivity contribution is -0.116. The van der Waals surface area contributed by atoms with Gasteiger partial charge in [-0.25, -0.2) is 0 Å². The van der Waals surface area contributed by atoms with Gasteiger partial charge in [0.1, 0.15) is 0 Å². The predicted octanol–water partition coefficient (Wildman–Crippen LogP) is 1.26. The molecular formula is C16H19N3O2. The average molecular weight is 285 g/mol. The summed E-state index contributed by atoms with van der Waals surface area (Å²) >= 11 is 0. The summed E-state index contributed by atoms with van der Waals surface area (Å²) in [6.07, 6.45) is 4.97. The summed E-state index contributed by atoms with van der Waals surface area (Å²) < 4.78 is 0. The Bertz CT molecular complexity index is 717. The van der Waals surface area contributed by atoms with E-state index in [1.54, 1.807) is 18.3 Å². The molecule has 0 saturated heterocycles. The summed E-state index contributed by atoms with van der Waals surface area (Å²) in [5, 5.41) is 4.31. The Kier molecular flexibility index (Phi) is 4.90. The maximum absolute atomic E-state index is 11.7. The maximum Gasteiger partial charge on any atom is 0.255 e. The number of carbonyl (C=O) groups excluding carboxylic acids is 1. The maximum atomic E-state index is 11.7. The van der Waals surface area contributed by atoms with Crippen molar-refractivity contribution in [1.29, 1.82) is 0 Å². The third-order valence-electron chi connectivity index (χ3n) is 3.09. The number of aromatic nitrogens is 1. The van der Waals surface area contributed by atoms with Crippen LogP contribution in [0.15, 0.2) is 47.4 Å². The summed E-state index contributed by atoms with van der Waals surface area (Å²) in [4.78, 5) is 28.1. The van der Waals surface area contributed by atoms with Crippen molar-refractivity contribution >= 4 is 16.7 Å². The number of aromatic amines is 1. The first-order valence-electron chi connectivity index (χ1n) is 6.76. The van der Waals surface area contributed by atoms with Gasteiger partial charge in [0.2, 0.25) is 5.91 Å². The second kappa shape index (κ2) is 6.85. The number of nitrogens with zero attached hydrogens (tertiary/aromatic N) is 1. The van der Waals surface area contributed by atoms with Gasteiger partial charge in [-0.15, -0.1) is 0 Å². The predicted molar refractivity (Wildman–Crippen MR) is 84.1 cm³/mol. The van der Waals surface area contributed by atoms with Crippen LogP contribution in [0.5, 0.6) is 0 Å². The molecule has 110 valence electrons. The lowest BCUT2D eigenvalue weighted by Gasteiger charge is -2.07. The normalized spacial score (nSPS) is 11.4. The fraction of sp³-hybridized carbons (Fsp3) is 0.250. The fourth-order valence-corrected chi connectivity index (χ4v) is 2.03. The van der Waals surface area contributed by atoms with E-state index < -0.39 is 0 Å². The Morgan fingerprint density at radius 3 is 2.71 bits per heavy atom. The molecule has 0 radical (unpaired) electrons. The lowest BCUT2D eigenvalue weighted by atomic mass is 10.1. The highest BCUT2D eigenvalue weighted by atomic mass is 16.1. The molecule has 0 aliphatic heterocycles. The monoisotopic (exact) mass is 285 g/mol. The molecule has 0 unspecified atom stereocenters. The molecule has 21 heavy (non-hydrogen) atoms. The Morgan fingerprint density at radius 1 is 1.29 bits per heavy atom. The van der Waals surface area contributed by atoms with Gasteiger partial charge in [-0.05, 0) is 31.1 Å². The smallest absolute Gasteiger partial charge is 0.255 e. The van der Waals surface area contributed by atoms with Gasteiger partial charge in [0.25, 0.3) is 5.56 Å². The van der Waals surface area contributed by atoms with E-state index in [9.17, 15) is 9.59 Å². The number of H-pyrrole nitrogens is 1. The molecule has 1 amide bonds. The summed E-state index contributed by atoms with van der Waals surface area (Å²) in [5.74, 6) is -0.146. The highest BCUT2D eigenvalue weighted by Gasteiger charge is 2.04. The van der Waals surface area contributed by atoms with Crippen molar-refractivity contribution in [2.75, 3.05) is 20.6 Å². The first-order valence-corrected chi connectivity index (χ1v) is 6.76. The van der Waals surface area contributed by atoms with Crippen LogP contribution in [0.3, 0.4) is 0 Å². The van der Waals surface area contributed by atoms with Crippen LogP contribution in [0.1, 0.15) is 5.56 Å². The first kappa shape index (κ1) is 15.0. The largest absolute Gasteiger partial charge is 0.348 e. The van der Waals surface area contributed by atoms with Crippen molar-refractivity contribution < 1.29 is 4.79 Å². The SMILES string of the molecule is CN(C)C/C=C/C(=O)NCc1c[nH]c(=O)c2ccccc12. The number of pyridine rings is 1. The second-order valence-electron chi connectivity index (χ2n) is 5.07. The quantitative estimate of drug-likeness (QED) is 0.813. The van der Waals surface area contributed by atoms with Crippen molar-refractivity contribution in [3.63, 3.8) is 0 Å². The van der Waals surface area contributed by atoms with E-state index >= 15 is 0 Å². The van der Waals surface area contributed by atoms with Crippen LogP contribution >= 0.6 is 0 Å². The number of hydrogen-bond donors (Lipinski definition) is 2. The molecule has 5 nitrogen and oxygen atoms in total. The molecule has 1 aromatic heterocycles. The van der Waals surface area contributed by atoms with Crippen molar-refractivity contribution in [3.8, 4) is 0 Å². The molecule has 2 aromatic rings. The summed E-state index contributed by atoms with van der Waals surface area (Å²) in [7, 11) is 3.88. The van der Waals surface area contributed by atoms with Crippen molar-refractivity contribution in [3.05, 3.63) is 58.5 Å². The van der Waals surface area contributed by atoms with E-state index in [-0.39, 0.29) is 11.5 Å². The van der Waals surface area contributed by atoms with Gasteiger partial charge < -0.3 is 15.2 Å². The lowest BCUT2D eigenvalue weighted by Crippen LogP contribution is -2.22. The molecule has 0 spiro atoms. The molecule has 0 bridgehead atoms.